The van der Waals surface area contributed by atoms with Crippen LogP contribution in [0.2, 0.25) is 0 Å². The quantitative estimate of drug-likeness (QED) is 0.497. The largest absolute Gasteiger partial charge is 0.507 e. The van der Waals surface area contributed by atoms with Crippen LogP contribution in [0.25, 0.3) is 0 Å². The van der Waals surface area contributed by atoms with E-state index in [1.54, 1.807) is 18.3 Å². The van der Waals surface area contributed by atoms with Crippen molar-refractivity contribution in [2.24, 2.45) is 5.10 Å². The molecule has 1 amide bonds. The Morgan fingerprint density at radius 2 is 1.56 bits per heavy atom. The third-order valence-electron chi connectivity index (χ3n) is 4.25. The van der Waals surface area contributed by atoms with Gasteiger partial charge < -0.3 is 5.11 Å². The van der Waals surface area contributed by atoms with Crippen LogP contribution in [0.15, 0.2) is 46.0 Å². The lowest BCUT2D eigenvalue weighted by Crippen LogP contribution is -2.19. The molecule has 0 radical (unpaired) electrons. The zero-order chi connectivity index (χ0) is 20.4. The van der Waals surface area contributed by atoms with Crippen LogP contribution in [-0.2, 0) is 10.8 Å². The minimum Gasteiger partial charge on any atom is -0.507 e. The van der Waals surface area contributed by atoms with Gasteiger partial charge >= 0.3 is 0 Å². The van der Waals surface area contributed by atoms with Crippen molar-refractivity contribution in [1.29, 1.82) is 0 Å². The minimum atomic E-state index is -0.287. The molecular weight excluding hydrogens is 404 g/mol. The first-order chi connectivity index (χ1) is 12.4. The number of hydrogen-bond acceptors (Lipinski definition) is 3. The molecule has 0 fully saturated rings. The van der Waals surface area contributed by atoms with E-state index in [2.05, 4.69) is 68.0 Å². The molecule has 144 valence electrons. The first kappa shape index (κ1) is 21.2. The summed E-state index contributed by atoms with van der Waals surface area (Å²) >= 11 is 3.36. The monoisotopic (exact) mass is 430 g/mol. The van der Waals surface area contributed by atoms with Crippen LogP contribution in [-0.4, -0.2) is 17.2 Å². The molecular formula is C22H27BrN2O2. The van der Waals surface area contributed by atoms with E-state index in [1.807, 2.05) is 24.3 Å². The molecule has 4 nitrogen and oxygen atoms in total. The molecule has 0 aliphatic rings. The molecule has 0 saturated carbocycles. The van der Waals surface area contributed by atoms with Gasteiger partial charge in [0.15, 0.2) is 0 Å². The SMILES string of the molecule is CC(C)(C)c1cc(C=NNC(=O)c2ccccc2Br)cc(C(C)(C)C)c1O. The minimum absolute atomic E-state index is 0.216. The lowest BCUT2D eigenvalue weighted by Gasteiger charge is -2.27. The number of nitrogens with zero attached hydrogens (tertiary/aromatic N) is 1. The van der Waals surface area contributed by atoms with E-state index in [-0.39, 0.29) is 16.7 Å². The fourth-order valence-electron chi connectivity index (χ4n) is 2.75. The fraction of sp³-hybridized carbons (Fsp3) is 0.364. The van der Waals surface area contributed by atoms with Crippen molar-refractivity contribution in [1.82, 2.24) is 5.43 Å². The summed E-state index contributed by atoms with van der Waals surface area (Å²) < 4.78 is 0.715. The summed E-state index contributed by atoms with van der Waals surface area (Å²) in [5.41, 5.74) is 5.18. The van der Waals surface area contributed by atoms with Gasteiger partial charge in [0.2, 0.25) is 0 Å². The molecule has 0 aliphatic carbocycles. The third kappa shape index (κ3) is 5.19. The van der Waals surface area contributed by atoms with Crippen LogP contribution in [0, 0.1) is 0 Å². The van der Waals surface area contributed by atoms with Gasteiger partial charge in [0.1, 0.15) is 5.75 Å². The van der Waals surface area contributed by atoms with Crippen LogP contribution >= 0.6 is 15.9 Å². The van der Waals surface area contributed by atoms with Gasteiger partial charge in [-0.25, -0.2) is 5.43 Å². The number of carbonyl (C=O) groups excluding carboxylic acids is 1. The topological polar surface area (TPSA) is 61.7 Å². The number of hydrazone groups is 1. The van der Waals surface area contributed by atoms with Crippen molar-refractivity contribution in [3.63, 3.8) is 0 Å². The maximum atomic E-state index is 12.3. The fourth-order valence-corrected chi connectivity index (χ4v) is 3.21. The number of phenolic OH excluding ortho intramolecular Hbond substituents is 1. The van der Waals surface area contributed by atoms with Crippen LogP contribution in [0.5, 0.6) is 5.75 Å². The van der Waals surface area contributed by atoms with Crippen molar-refractivity contribution < 1.29 is 9.90 Å². The Labute approximate surface area is 169 Å². The zero-order valence-electron chi connectivity index (χ0n) is 16.7. The molecule has 0 heterocycles. The Morgan fingerprint density at radius 3 is 2.04 bits per heavy atom. The summed E-state index contributed by atoms with van der Waals surface area (Å²) in [5, 5.41) is 14.9. The second-order valence-electron chi connectivity index (χ2n) is 8.64. The van der Waals surface area contributed by atoms with E-state index in [0.29, 0.717) is 15.8 Å². The third-order valence-corrected chi connectivity index (χ3v) is 4.94. The number of hydrogen-bond donors (Lipinski definition) is 2. The van der Waals surface area contributed by atoms with E-state index in [1.165, 1.54) is 0 Å². The predicted octanol–water partition coefficient (Wildman–Crippen LogP) is 5.51. The number of carbonyl (C=O) groups is 1. The Kier molecular flexibility index (Phi) is 6.15. The van der Waals surface area contributed by atoms with Crippen molar-refractivity contribution in [2.45, 2.75) is 52.4 Å². The molecule has 0 saturated heterocycles. The lowest BCUT2D eigenvalue weighted by atomic mass is 9.78. The van der Waals surface area contributed by atoms with Gasteiger partial charge in [-0.3, -0.25) is 4.79 Å². The van der Waals surface area contributed by atoms with Crippen LogP contribution in [0.4, 0.5) is 0 Å². The Hall–Kier alpha value is -2.14. The van der Waals surface area contributed by atoms with E-state index in [9.17, 15) is 9.90 Å². The molecule has 0 unspecified atom stereocenters. The first-order valence-corrected chi connectivity index (χ1v) is 9.66. The summed E-state index contributed by atoms with van der Waals surface area (Å²) in [5.74, 6) is 0.0361. The first-order valence-electron chi connectivity index (χ1n) is 8.87. The second-order valence-corrected chi connectivity index (χ2v) is 9.50. The van der Waals surface area contributed by atoms with Gasteiger partial charge in [0.05, 0.1) is 11.8 Å². The number of nitrogens with one attached hydrogen (secondary N) is 1. The highest BCUT2D eigenvalue weighted by Gasteiger charge is 2.26. The number of rotatable bonds is 3. The predicted molar refractivity (Wildman–Crippen MR) is 115 cm³/mol. The summed E-state index contributed by atoms with van der Waals surface area (Å²) in [6.07, 6.45) is 1.61. The highest BCUT2D eigenvalue weighted by molar-refractivity contribution is 9.10. The number of halogens is 1. The summed E-state index contributed by atoms with van der Waals surface area (Å²) in [4.78, 5) is 12.3. The number of benzene rings is 2. The van der Waals surface area contributed by atoms with E-state index in [0.717, 1.165) is 16.7 Å². The Balaban J connectivity index is 2.34. The number of phenols is 1. The average Bonchev–Trinajstić information content (AvgIpc) is 2.54. The zero-order valence-corrected chi connectivity index (χ0v) is 18.3. The lowest BCUT2D eigenvalue weighted by molar-refractivity contribution is 0.0954. The molecule has 2 aromatic rings. The van der Waals surface area contributed by atoms with Crippen molar-refractivity contribution in [3.8, 4) is 5.75 Å². The van der Waals surface area contributed by atoms with Gasteiger partial charge in [0.25, 0.3) is 5.91 Å². The molecule has 0 aromatic heterocycles. The normalized spacial score (nSPS) is 12.4. The van der Waals surface area contributed by atoms with E-state index < -0.39 is 0 Å². The van der Waals surface area contributed by atoms with Crippen LogP contribution in [0.1, 0.15) is 68.6 Å². The highest BCUT2D eigenvalue weighted by atomic mass is 79.9. The van der Waals surface area contributed by atoms with Crippen LogP contribution in [0.3, 0.4) is 0 Å². The molecule has 0 bridgehead atoms. The van der Waals surface area contributed by atoms with E-state index in [4.69, 9.17) is 0 Å². The van der Waals surface area contributed by atoms with Crippen molar-refractivity contribution >= 4 is 28.1 Å². The standard InChI is InChI=1S/C22H27BrN2O2/c1-21(2,3)16-11-14(12-17(19(16)26)22(4,5)6)13-24-25-20(27)15-9-7-8-10-18(15)23/h7-13,26H,1-6H3,(H,25,27). The molecule has 2 N–H and O–H groups in total. The Morgan fingerprint density at radius 1 is 1.04 bits per heavy atom. The van der Waals surface area contributed by atoms with Gasteiger partial charge in [-0.1, -0.05) is 53.7 Å². The van der Waals surface area contributed by atoms with Gasteiger partial charge in [-0.15, -0.1) is 0 Å². The van der Waals surface area contributed by atoms with Gasteiger partial charge in [-0.05, 0) is 56.6 Å². The number of amides is 1. The second kappa shape index (κ2) is 7.85. The summed E-state index contributed by atoms with van der Waals surface area (Å²) in [6.45, 7) is 12.4. The van der Waals surface area contributed by atoms with Crippen molar-refractivity contribution in [2.75, 3.05) is 0 Å². The van der Waals surface area contributed by atoms with Crippen LogP contribution < -0.4 is 5.43 Å². The Bertz CT molecular complexity index is 840. The summed E-state index contributed by atoms with van der Waals surface area (Å²) in [7, 11) is 0. The number of aromatic hydroxyl groups is 1. The maximum Gasteiger partial charge on any atom is 0.272 e. The van der Waals surface area contributed by atoms with Gasteiger partial charge in [-0.2, -0.15) is 5.10 Å². The smallest absolute Gasteiger partial charge is 0.272 e. The molecule has 0 spiro atoms. The molecule has 0 atom stereocenters. The summed E-state index contributed by atoms with van der Waals surface area (Å²) in [6, 6.07) is 11.0. The molecule has 2 aromatic carbocycles. The van der Waals surface area contributed by atoms with Crippen molar-refractivity contribution in [3.05, 3.63) is 63.1 Å². The molecule has 27 heavy (non-hydrogen) atoms. The van der Waals surface area contributed by atoms with Gasteiger partial charge in [0, 0.05) is 15.6 Å². The molecule has 2 rings (SSSR count). The average molecular weight is 431 g/mol. The maximum absolute atomic E-state index is 12.3. The molecule has 5 heteroatoms. The molecule has 0 aliphatic heterocycles. The van der Waals surface area contributed by atoms with E-state index >= 15 is 0 Å². The highest BCUT2D eigenvalue weighted by Crippen LogP contribution is 2.39.